The molecule has 0 atom stereocenters. The van der Waals surface area contributed by atoms with Crippen LogP contribution in [0, 0.1) is 0 Å². The second-order valence-corrected chi connectivity index (χ2v) is 7.58. The van der Waals surface area contributed by atoms with Crippen LogP contribution in [0.3, 0.4) is 0 Å². The normalized spacial score (nSPS) is 13.1. The van der Waals surface area contributed by atoms with Crippen molar-refractivity contribution in [3.8, 4) is 17.0 Å². The van der Waals surface area contributed by atoms with E-state index in [0.29, 0.717) is 30.4 Å². The van der Waals surface area contributed by atoms with E-state index in [1.54, 1.807) is 12.0 Å². The summed E-state index contributed by atoms with van der Waals surface area (Å²) in [4.78, 5) is 26.8. The summed E-state index contributed by atoms with van der Waals surface area (Å²) < 4.78 is 7.17. The Bertz CT molecular complexity index is 1090. The van der Waals surface area contributed by atoms with Gasteiger partial charge in [-0.1, -0.05) is 54.1 Å². The molecule has 2 heterocycles. The predicted molar refractivity (Wildman–Crippen MR) is 116 cm³/mol. The first kappa shape index (κ1) is 20.0. The second-order valence-electron chi connectivity index (χ2n) is 7.21. The van der Waals surface area contributed by atoms with Gasteiger partial charge in [0, 0.05) is 13.1 Å². The lowest BCUT2D eigenvalue weighted by Gasteiger charge is -2.30. The number of hydrogen-bond acceptors (Lipinski definition) is 3. The van der Waals surface area contributed by atoms with Gasteiger partial charge in [-0.2, -0.15) is 0 Å². The number of ether oxygens (including phenoxy) is 1. The van der Waals surface area contributed by atoms with Gasteiger partial charge in [0.25, 0.3) is 5.91 Å². The summed E-state index contributed by atoms with van der Waals surface area (Å²) in [6.45, 7) is 1.37. The summed E-state index contributed by atoms with van der Waals surface area (Å²) in [5.74, 6) is 0.145. The largest absolute Gasteiger partial charge is 0.497 e. The zero-order chi connectivity index (χ0) is 21.3. The highest BCUT2D eigenvalue weighted by Crippen LogP contribution is 2.37. The number of nitrogens with zero attached hydrogens (tertiary/aromatic N) is 2. The van der Waals surface area contributed by atoms with E-state index < -0.39 is 5.91 Å². The molecule has 3 aromatic rings. The van der Waals surface area contributed by atoms with Crippen LogP contribution in [-0.2, 0) is 24.3 Å². The first-order chi connectivity index (χ1) is 14.5. The van der Waals surface area contributed by atoms with Gasteiger partial charge in [0.1, 0.15) is 5.75 Å². The van der Waals surface area contributed by atoms with E-state index >= 15 is 0 Å². The molecule has 0 bridgehead atoms. The van der Waals surface area contributed by atoms with Crippen molar-refractivity contribution in [2.24, 2.45) is 5.73 Å². The Morgan fingerprint density at radius 3 is 2.40 bits per heavy atom. The number of fused-ring (bicyclic) bond motifs is 1. The number of benzene rings is 2. The van der Waals surface area contributed by atoms with Crippen LogP contribution in [0.25, 0.3) is 11.3 Å². The van der Waals surface area contributed by atoms with E-state index in [1.165, 1.54) is 0 Å². The Labute approximate surface area is 179 Å². The van der Waals surface area contributed by atoms with Crippen LogP contribution < -0.4 is 10.5 Å². The van der Waals surface area contributed by atoms with Gasteiger partial charge in [-0.15, -0.1) is 0 Å². The fraction of sp³-hybridized carbons (Fsp3) is 0.217. The number of hydrogen-bond donors (Lipinski definition) is 1. The summed E-state index contributed by atoms with van der Waals surface area (Å²) in [5, 5.41) is 0.341. The van der Waals surface area contributed by atoms with Gasteiger partial charge in [-0.3, -0.25) is 9.59 Å². The lowest BCUT2D eigenvalue weighted by atomic mass is 10.1. The Morgan fingerprint density at radius 1 is 1.07 bits per heavy atom. The van der Waals surface area contributed by atoms with Crippen molar-refractivity contribution in [1.29, 1.82) is 0 Å². The topological polar surface area (TPSA) is 77.6 Å². The van der Waals surface area contributed by atoms with Gasteiger partial charge in [-0.25, -0.2) is 0 Å². The number of halogens is 1. The predicted octanol–water partition coefficient (Wildman–Crippen LogP) is 3.50. The number of methoxy groups -OCH3 is 1. The van der Waals surface area contributed by atoms with Gasteiger partial charge < -0.3 is 19.9 Å². The highest BCUT2D eigenvalue weighted by Gasteiger charge is 2.31. The van der Waals surface area contributed by atoms with Crippen LogP contribution in [0.5, 0.6) is 5.75 Å². The maximum atomic E-state index is 12.9. The quantitative estimate of drug-likeness (QED) is 0.682. The van der Waals surface area contributed by atoms with E-state index in [0.717, 1.165) is 22.6 Å². The lowest BCUT2D eigenvalue weighted by Crippen LogP contribution is -2.39. The molecule has 2 aromatic carbocycles. The van der Waals surface area contributed by atoms with Crippen LogP contribution in [0.1, 0.15) is 21.6 Å². The Balaban J connectivity index is 1.63. The number of aromatic nitrogens is 1. The van der Waals surface area contributed by atoms with Crippen molar-refractivity contribution in [1.82, 2.24) is 9.47 Å². The minimum atomic E-state index is -0.588. The number of amides is 2. The first-order valence-electron chi connectivity index (χ1n) is 9.66. The van der Waals surface area contributed by atoms with Gasteiger partial charge in [0.15, 0.2) is 0 Å². The molecule has 4 rings (SSSR count). The molecule has 1 aliphatic heterocycles. The van der Waals surface area contributed by atoms with Crippen LogP contribution >= 0.6 is 11.6 Å². The molecule has 6 nitrogen and oxygen atoms in total. The molecule has 0 saturated heterocycles. The van der Waals surface area contributed by atoms with E-state index in [4.69, 9.17) is 22.1 Å². The van der Waals surface area contributed by atoms with Crippen LogP contribution in [-0.4, -0.2) is 34.9 Å². The van der Waals surface area contributed by atoms with Crippen LogP contribution in [0.2, 0.25) is 5.02 Å². The summed E-state index contributed by atoms with van der Waals surface area (Å²) >= 11 is 6.60. The molecule has 154 valence electrons. The van der Waals surface area contributed by atoms with Gasteiger partial charge >= 0.3 is 0 Å². The van der Waals surface area contributed by atoms with E-state index in [-0.39, 0.29) is 17.9 Å². The fourth-order valence-electron chi connectivity index (χ4n) is 3.90. The third-order valence-corrected chi connectivity index (χ3v) is 5.77. The molecule has 2 amide bonds. The summed E-state index contributed by atoms with van der Waals surface area (Å²) in [6, 6.07) is 17.1. The molecule has 1 aliphatic rings. The minimum absolute atomic E-state index is 0.0135. The van der Waals surface area contributed by atoms with Crippen molar-refractivity contribution in [2.75, 3.05) is 13.7 Å². The third kappa shape index (κ3) is 3.66. The highest BCUT2D eigenvalue weighted by atomic mass is 35.5. The fourth-order valence-corrected chi connectivity index (χ4v) is 4.31. The van der Waals surface area contributed by atoms with Crippen molar-refractivity contribution >= 4 is 23.4 Å². The molecular formula is C23H22ClN3O3. The van der Waals surface area contributed by atoms with E-state index in [2.05, 4.69) is 0 Å². The molecule has 0 spiro atoms. The summed E-state index contributed by atoms with van der Waals surface area (Å²) in [7, 11) is 1.61. The number of carbonyl (C=O) groups excluding carboxylic acids is 2. The molecule has 0 unspecified atom stereocenters. The zero-order valence-electron chi connectivity index (χ0n) is 16.6. The standard InChI is InChI=1S/C23H22ClN3O3/c1-30-17-9-7-15(8-10-17)13-19(28)26-11-12-27-18(14-26)20(23(25)29)21(24)22(27)16-5-3-2-4-6-16/h2-10H,11-14H2,1H3,(H2,25,29). The molecular weight excluding hydrogens is 402 g/mol. The van der Waals surface area contributed by atoms with Crippen molar-refractivity contribution in [3.63, 3.8) is 0 Å². The lowest BCUT2D eigenvalue weighted by molar-refractivity contribution is -0.131. The molecule has 0 saturated carbocycles. The Morgan fingerprint density at radius 2 is 1.77 bits per heavy atom. The zero-order valence-corrected chi connectivity index (χ0v) is 17.4. The van der Waals surface area contributed by atoms with Gasteiger partial charge in [0.2, 0.25) is 5.91 Å². The number of primary amides is 1. The average molecular weight is 424 g/mol. The molecule has 30 heavy (non-hydrogen) atoms. The SMILES string of the molecule is COc1ccc(CC(=O)N2CCn3c(c(C(N)=O)c(Cl)c3-c3ccccc3)C2)cc1. The monoisotopic (exact) mass is 423 g/mol. The average Bonchev–Trinajstić information content (AvgIpc) is 3.06. The van der Waals surface area contributed by atoms with Crippen LogP contribution in [0.4, 0.5) is 0 Å². The van der Waals surface area contributed by atoms with Crippen molar-refractivity contribution in [2.45, 2.75) is 19.5 Å². The van der Waals surface area contributed by atoms with Crippen LogP contribution in [0.15, 0.2) is 54.6 Å². The number of rotatable bonds is 5. The minimum Gasteiger partial charge on any atom is -0.497 e. The molecule has 0 radical (unpaired) electrons. The van der Waals surface area contributed by atoms with E-state index in [1.807, 2.05) is 59.2 Å². The van der Waals surface area contributed by atoms with Gasteiger partial charge in [0.05, 0.1) is 42.0 Å². The summed E-state index contributed by atoms with van der Waals surface area (Å²) in [5.41, 5.74) is 9.20. The maximum Gasteiger partial charge on any atom is 0.252 e. The van der Waals surface area contributed by atoms with Crippen molar-refractivity contribution < 1.29 is 14.3 Å². The summed E-state index contributed by atoms with van der Waals surface area (Å²) in [6.07, 6.45) is 0.274. The third-order valence-electron chi connectivity index (χ3n) is 5.41. The molecule has 0 fully saturated rings. The number of nitrogens with two attached hydrogens (primary N) is 1. The molecule has 0 aliphatic carbocycles. The highest BCUT2D eigenvalue weighted by molar-refractivity contribution is 6.36. The van der Waals surface area contributed by atoms with Gasteiger partial charge in [-0.05, 0) is 23.3 Å². The van der Waals surface area contributed by atoms with E-state index in [9.17, 15) is 9.59 Å². The molecule has 7 heteroatoms. The second kappa shape index (κ2) is 8.24. The van der Waals surface area contributed by atoms with Crippen molar-refractivity contribution in [3.05, 3.63) is 76.4 Å². The first-order valence-corrected chi connectivity index (χ1v) is 10.0. The Kier molecular flexibility index (Phi) is 5.50. The Hall–Kier alpha value is -3.25. The molecule has 2 N–H and O–H groups in total. The smallest absolute Gasteiger partial charge is 0.252 e. The maximum absolute atomic E-state index is 12.9. The molecule has 1 aromatic heterocycles. The number of carbonyl (C=O) groups is 2.